The molecule has 150 valence electrons. The maximum absolute atomic E-state index is 12.1. The molecule has 0 bridgehead atoms. The van der Waals surface area contributed by atoms with Crippen molar-refractivity contribution in [2.45, 2.75) is 20.8 Å². The maximum Gasteiger partial charge on any atom is 0.277 e. The minimum atomic E-state index is -0.358. The number of amides is 1. The van der Waals surface area contributed by atoms with E-state index in [4.69, 9.17) is 16.3 Å². The molecule has 1 amide bonds. The topological polar surface area (TPSA) is 68.5 Å². The molecular weight excluding hydrogens is 503 g/mol. The van der Waals surface area contributed by atoms with Crippen LogP contribution in [0, 0.1) is 24.3 Å². The first-order chi connectivity index (χ1) is 13.9. The highest BCUT2D eigenvalue weighted by Gasteiger charge is 2.13. The average Bonchev–Trinajstić information content (AvgIpc) is 2.96. The van der Waals surface area contributed by atoms with Crippen LogP contribution in [0.1, 0.15) is 22.4 Å². The van der Waals surface area contributed by atoms with Crippen molar-refractivity contribution >= 4 is 46.3 Å². The second-order valence-electron chi connectivity index (χ2n) is 6.49. The third-order valence-electron chi connectivity index (χ3n) is 4.20. The van der Waals surface area contributed by atoms with Crippen molar-refractivity contribution in [1.29, 1.82) is 0 Å². The summed E-state index contributed by atoms with van der Waals surface area (Å²) in [7, 11) is 0. The predicted molar refractivity (Wildman–Crippen MR) is 123 cm³/mol. The molecule has 0 atom stereocenters. The Morgan fingerprint density at radius 3 is 2.55 bits per heavy atom. The van der Waals surface area contributed by atoms with Crippen LogP contribution in [0.25, 0.3) is 5.69 Å². The molecular formula is C21H20ClIN4O2. The van der Waals surface area contributed by atoms with Crippen LogP contribution in [0.3, 0.4) is 0 Å². The third-order valence-corrected chi connectivity index (χ3v) is 5.19. The fourth-order valence-electron chi connectivity index (χ4n) is 2.86. The van der Waals surface area contributed by atoms with Crippen LogP contribution in [0.5, 0.6) is 5.75 Å². The Morgan fingerprint density at radius 2 is 1.90 bits per heavy atom. The number of nitrogens with zero attached hydrogens (tertiary/aromatic N) is 3. The average molecular weight is 523 g/mol. The van der Waals surface area contributed by atoms with E-state index in [0.717, 1.165) is 20.4 Å². The Bertz CT molecular complexity index is 1040. The van der Waals surface area contributed by atoms with E-state index in [2.05, 4.69) is 38.2 Å². The number of hydrogen-bond acceptors (Lipinski definition) is 4. The van der Waals surface area contributed by atoms with Crippen molar-refractivity contribution in [3.05, 3.63) is 73.6 Å². The van der Waals surface area contributed by atoms with Gasteiger partial charge >= 0.3 is 0 Å². The Balaban J connectivity index is 1.63. The highest BCUT2D eigenvalue weighted by Crippen LogP contribution is 2.25. The Hall–Kier alpha value is -2.39. The van der Waals surface area contributed by atoms with Crippen LogP contribution < -0.4 is 10.2 Å². The molecule has 1 heterocycles. The van der Waals surface area contributed by atoms with Crippen molar-refractivity contribution in [1.82, 2.24) is 15.2 Å². The SMILES string of the molecule is Cc1cc(I)cc(C)c1OCC(=O)N/N=C/c1c(C)nn(-c2ccccc2)c1Cl. The summed E-state index contributed by atoms with van der Waals surface area (Å²) in [5, 5.41) is 8.86. The van der Waals surface area contributed by atoms with E-state index >= 15 is 0 Å². The molecule has 3 rings (SSSR count). The number of aryl methyl sites for hydroxylation is 3. The Kier molecular flexibility index (Phi) is 6.92. The zero-order valence-electron chi connectivity index (χ0n) is 16.2. The van der Waals surface area contributed by atoms with E-state index < -0.39 is 0 Å². The number of aromatic nitrogens is 2. The standard InChI is InChI=1S/C21H20ClIN4O2/c1-13-9-16(23)10-14(2)20(13)29-12-19(28)25-24-11-18-15(3)26-27(21(18)22)17-7-5-4-6-8-17/h4-11H,12H2,1-3H3,(H,25,28)/b24-11+. The molecule has 0 spiro atoms. The number of rotatable bonds is 6. The number of hydrogen-bond donors (Lipinski definition) is 1. The first kappa shape index (κ1) is 21.3. The van der Waals surface area contributed by atoms with Crippen molar-refractivity contribution < 1.29 is 9.53 Å². The number of para-hydroxylation sites is 1. The Labute approximate surface area is 188 Å². The van der Waals surface area contributed by atoms with Crippen LogP contribution >= 0.6 is 34.2 Å². The lowest BCUT2D eigenvalue weighted by atomic mass is 10.1. The minimum absolute atomic E-state index is 0.129. The molecule has 3 aromatic rings. The van der Waals surface area contributed by atoms with Gasteiger partial charge in [0.25, 0.3) is 5.91 Å². The largest absolute Gasteiger partial charge is 0.483 e. The van der Waals surface area contributed by atoms with Crippen LogP contribution in [0.4, 0.5) is 0 Å². The van der Waals surface area contributed by atoms with E-state index in [0.29, 0.717) is 22.2 Å². The fraction of sp³-hybridized carbons (Fsp3) is 0.190. The monoisotopic (exact) mass is 522 g/mol. The maximum atomic E-state index is 12.1. The van der Waals surface area contributed by atoms with E-state index in [-0.39, 0.29) is 12.5 Å². The number of nitrogens with one attached hydrogen (secondary N) is 1. The number of ether oxygens (including phenoxy) is 1. The number of benzene rings is 2. The van der Waals surface area contributed by atoms with Gasteiger partial charge in [0.1, 0.15) is 10.9 Å². The molecule has 0 saturated carbocycles. The van der Waals surface area contributed by atoms with Gasteiger partial charge < -0.3 is 4.74 Å². The first-order valence-corrected chi connectivity index (χ1v) is 10.3. The summed E-state index contributed by atoms with van der Waals surface area (Å²) in [4.78, 5) is 12.1. The lowest BCUT2D eigenvalue weighted by Crippen LogP contribution is -2.25. The van der Waals surface area contributed by atoms with E-state index in [1.807, 2.05) is 63.2 Å². The summed E-state index contributed by atoms with van der Waals surface area (Å²) in [6.45, 7) is 5.61. The van der Waals surface area contributed by atoms with Gasteiger partial charge in [-0.25, -0.2) is 10.1 Å². The molecule has 0 saturated heterocycles. The van der Waals surface area contributed by atoms with Gasteiger partial charge in [-0.2, -0.15) is 10.2 Å². The second-order valence-corrected chi connectivity index (χ2v) is 8.09. The van der Waals surface area contributed by atoms with Gasteiger partial charge in [-0.3, -0.25) is 4.79 Å². The quantitative estimate of drug-likeness (QED) is 0.293. The van der Waals surface area contributed by atoms with Gasteiger partial charge in [0.2, 0.25) is 0 Å². The summed E-state index contributed by atoms with van der Waals surface area (Å²) in [6.07, 6.45) is 1.49. The molecule has 0 aliphatic carbocycles. The molecule has 0 fully saturated rings. The minimum Gasteiger partial charge on any atom is -0.483 e. The Morgan fingerprint density at radius 1 is 1.24 bits per heavy atom. The summed E-state index contributed by atoms with van der Waals surface area (Å²) < 4.78 is 8.42. The molecule has 0 aliphatic heterocycles. The molecule has 0 unspecified atom stereocenters. The second kappa shape index (κ2) is 9.41. The van der Waals surface area contributed by atoms with Gasteiger partial charge in [0, 0.05) is 3.57 Å². The molecule has 0 radical (unpaired) electrons. The number of hydrazone groups is 1. The molecule has 6 nitrogen and oxygen atoms in total. The molecule has 1 aromatic heterocycles. The van der Waals surface area contributed by atoms with E-state index in [9.17, 15) is 4.79 Å². The van der Waals surface area contributed by atoms with Crippen LogP contribution in [0.15, 0.2) is 47.6 Å². The zero-order valence-corrected chi connectivity index (χ0v) is 19.2. The molecule has 8 heteroatoms. The highest BCUT2D eigenvalue weighted by molar-refractivity contribution is 14.1. The highest BCUT2D eigenvalue weighted by atomic mass is 127. The number of carbonyl (C=O) groups is 1. The van der Waals surface area contributed by atoms with Crippen LogP contribution in [0.2, 0.25) is 5.15 Å². The lowest BCUT2D eigenvalue weighted by molar-refractivity contribution is -0.123. The fourth-order valence-corrected chi connectivity index (χ4v) is 4.12. The van der Waals surface area contributed by atoms with Gasteiger partial charge in [-0.1, -0.05) is 29.8 Å². The number of carbonyl (C=O) groups excluding carboxylic acids is 1. The summed E-state index contributed by atoms with van der Waals surface area (Å²) in [5.41, 5.74) is 6.63. The summed E-state index contributed by atoms with van der Waals surface area (Å²) >= 11 is 8.69. The van der Waals surface area contributed by atoms with Gasteiger partial charge in [-0.15, -0.1) is 0 Å². The molecule has 1 N–H and O–H groups in total. The van der Waals surface area contributed by atoms with Crippen molar-refractivity contribution in [2.75, 3.05) is 6.61 Å². The van der Waals surface area contributed by atoms with E-state index in [1.165, 1.54) is 6.21 Å². The summed E-state index contributed by atoms with van der Waals surface area (Å²) in [6, 6.07) is 13.6. The molecule has 0 aliphatic rings. The van der Waals surface area contributed by atoms with Gasteiger partial charge in [0.05, 0.1) is 23.2 Å². The molecule has 2 aromatic carbocycles. The first-order valence-electron chi connectivity index (χ1n) is 8.89. The summed E-state index contributed by atoms with van der Waals surface area (Å²) in [5.74, 6) is 0.357. The number of halogens is 2. The van der Waals surface area contributed by atoms with Crippen molar-refractivity contribution in [3.8, 4) is 11.4 Å². The van der Waals surface area contributed by atoms with Crippen LogP contribution in [-0.2, 0) is 4.79 Å². The van der Waals surface area contributed by atoms with Crippen molar-refractivity contribution in [3.63, 3.8) is 0 Å². The van der Waals surface area contributed by atoms with Gasteiger partial charge in [0.15, 0.2) is 6.61 Å². The van der Waals surface area contributed by atoms with E-state index in [1.54, 1.807) is 4.68 Å². The predicted octanol–water partition coefficient (Wildman–Crippen LogP) is 4.58. The molecule has 29 heavy (non-hydrogen) atoms. The van der Waals surface area contributed by atoms with Gasteiger partial charge in [-0.05, 0) is 78.8 Å². The van der Waals surface area contributed by atoms with Crippen LogP contribution in [-0.4, -0.2) is 28.5 Å². The normalized spacial score (nSPS) is 11.1. The smallest absolute Gasteiger partial charge is 0.277 e. The third kappa shape index (κ3) is 5.16. The lowest BCUT2D eigenvalue weighted by Gasteiger charge is -2.11. The zero-order chi connectivity index (χ0) is 21.0. The van der Waals surface area contributed by atoms with Crippen molar-refractivity contribution in [2.24, 2.45) is 5.10 Å².